The van der Waals surface area contributed by atoms with E-state index in [1.54, 1.807) is 0 Å². The van der Waals surface area contributed by atoms with Gasteiger partial charge in [0.15, 0.2) is 5.16 Å². The molecule has 0 aliphatic rings. The number of aromatic nitrogens is 2. The molecule has 0 spiro atoms. The van der Waals surface area contributed by atoms with Crippen LogP contribution >= 0.6 is 23.4 Å². The minimum atomic E-state index is -0.587. The molecule has 20 heavy (non-hydrogen) atoms. The number of nitrogens with zero attached hydrogens (tertiary/aromatic N) is 2. The molecule has 1 amide bonds. The van der Waals surface area contributed by atoms with Gasteiger partial charge in [0.25, 0.3) is 0 Å². The number of hydrogen-bond donors (Lipinski definition) is 1. The average Bonchev–Trinajstić information content (AvgIpc) is 2.45. The molecule has 0 aliphatic carbocycles. The summed E-state index contributed by atoms with van der Waals surface area (Å²) in [6, 6.07) is 10.9. The summed E-state index contributed by atoms with van der Waals surface area (Å²) in [5, 5.41) is 3.27. The largest absolute Gasteiger partial charge is 0.444 e. The SMILES string of the molecule is CSc1nc(Cl)cc(NC(=O)OCc2ccccc2)n1. The van der Waals surface area contributed by atoms with E-state index in [2.05, 4.69) is 15.3 Å². The Bertz CT molecular complexity index is 595. The van der Waals surface area contributed by atoms with Gasteiger partial charge in [-0.05, 0) is 11.8 Å². The molecule has 1 N–H and O–H groups in total. The fraction of sp³-hybridized carbons (Fsp3) is 0.154. The zero-order chi connectivity index (χ0) is 14.4. The average molecular weight is 310 g/mol. The lowest BCUT2D eigenvalue weighted by Gasteiger charge is -2.07. The Morgan fingerprint density at radius 1 is 1.35 bits per heavy atom. The molecular weight excluding hydrogens is 298 g/mol. The van der Waals surface area contributed by atoms with Crippen molar-refractivity contribution in [2.75, 3.05) is 11.6 Å². The molecule has 0 radical (unpaired) electrons. The molecule has 0 aliphatic heterocycles. The van der Waals surface area contributed by atoms with Gasteiger partial charge in [0, 0.05) is 6.07 Å². The van der Waals surface area contributed by atoms with Gasteiger partial charge in [-0.25, -0.2) is 14.8 Å². The summed E-state index contributed by atoms with van der Waals surface area (Å²) in [5.74, 6) is 0.312. The topological polar surface area (TPSA) is 64.1 Å². The Balaban J connectivity index is 1.93. The van der Waals surface area contributed by atoms with E-state index in [1.807, 2.05) is 36.6 Å². The van der Waals surface area contributed by atoms with E-state index in [4.69, 9.17) is 16.3 Å². The quantitative estimate of drug-likeness (QED) is 0.531. The Labute approximate surface area is 125 Å². The van der Waals surface area contributed by atoms with Crippen molar-refractivity contribution < 1.29 is 9.53 Å². The first kappa shape index (κ1) is 14.6. The van der Waals surface area contributed by atoms with Gasteiger partial charge in [0.1, 0.15) is 17.6 Å². The molecule has 104 valence electrons. The molecule has 0 saturated heterocycles. The Morgan fingerprint density at radius 2 is 2.10 bits per heavy atom. The standard InChI is InChI=1S/C13H12ClN3O2S/c1-20-12-15-10(14)7-11(16-12)17-13(18)19-8-9-5-3-2-4-6-9/h2-7H,8H2,1H3,(H,15,16,17,18). The maximum absolute atomic E-state index is 11.7. The summed E-state index contributed by atoms with van der Waals surface area (Å²) in [4.78, 5) is 19.7. The van der Waals surface area contributed by atoms with Gasteiger partial charge in [-0.3, -0.25) is 5.32 Å². The molecule has 1 aromatic carbocycles. The van der Waals surface area contributed by atoms with Crippen LogP contribution in [0.25, 0.3) is 0 Å². The number of anilines is 1. The van der Waals surface area contributed by atoms with Gasteiger partial charge in [0.05, 0.1) is 0 Å². The first-order chi connectivity index (χ1) is 9.67. The number of hydrogen-bond acceptors (Lipinski definition) is 5. The van der Waals surface area contributed by atoms with Crippen LogP contribution < -0.4 is 5.32 Å². The summed E-state index contributed by atoms with van der Waals surface area (Å²) < 4.78 is 5.09. The molecule has 1 aromatic heterocycles. The Hall–Kier alpha value is -1.79. The Morgan fingerprint density at radius 3 is 2.80 bits per heavy atom. The van der Waals surface area contributed by atoms with Crippen molar-refractivity contribution in [3.63, 3.8) is 0 Å². The molecule has 0 bridgehead atoms. The molecule has 0 fully saturated rings. The van der Waals surface area contributed by atoms with E-state index in [-0.39, 0.29) is 11.8 Å². The first-order valence-electron chi connectivity index (χ1n) is 5.73. The van der Waals surface area contributed by atoms with Gasteiger partial charge in [-0.1, -0.05) is 53.7 Å². The van der Waals surface area contributed by atoms with Crippen molar-refractivity contribution in [2.45, 2.75) is 11.8 Å². The number of thioether (sulfide) groups is 1. The second-order valence-electron chi connectivity index (χ2n) is 3.75. The van der Waals surface area contributed by atoms with Crippen molar-refractivity contribution in [3.8, 4) is 0 Å². The van der Waals surface area contributed by atoms with Crippen molar-refractivity contribution in [1.82, 2.24) is 9.97 Å². The van der Waals surface area contributed by atoms with Crippen LogP contribution in [0.2, 0.25) is 5.15 Å². The van der Waals surface area contributed by atoms with Crippen LogP contribution in [-0.2, 0) is 11.3 Å². The third-order valence-corrected chi connectivity index (χ3v) is 3.04. The van der Waals surface area contributed by atoms with Crippen LogP contribution in [0.4, 0.5) is 10.6 Å². The van der Waals surface area contributed by atoms with Crippen LogP contribution in [0.3, 0.4) is 0 Å². The predicted octanol–water partition coefficient (Wildman–Crippen LogP) is 3.60. The smallest absolute Gasteiger partial charge is 0.413 e. The highest BCUT2D eigenvalue weighted by molar-refractivity contribution is 7.98. The first-order valence-corrected chi connectivity index (χ1v) is 7.34. The van der Waals surface area contributed by atoms with Crippen LogP contribution in [0.1, 0.15) is 5.56 Å². The van der Waals surface area contributed by atoms with Gasteiger partial charge < -0.3 is 4.74 Å². The van der Waals surface area contributed by atoms with Crippen molar-refractivity contribution in [1.29, 1.82) is 0 Å². The number of halogens is 1. The van der Waals surface area contributed by atoms with E-state index in [9.17, 15) is 4.79 Å². The fourth-order valence-electron chi connectivity index (χ4n) is 1.42. The highest BCUT2D eigenvalue weighted by Crippen LogP contribution is 2.17. The number of ether oxygens (including phenoxy) is 1. The zero-order valence-corrected chi connectivity index (χ0v) is 12.2. The number of carbonyl (C=O) groups is 1. The lowest BCUT2D eigenvalue weighted by atomic mass is 10.2. The summed E-state index contributed by atoms with van der Waals surface area (Å²) in [5.41, 5.74) is 0.910. The van der Waals surface area contributed by atoms with Crippen LogP contribution in [-0.4, -0.2) is 22.3 Å². The van der Waals surface area contributed by atoms with Crippen molar-refractivity contribution in [3.05, 3.63) is 47.1 Å². The number of nitrogens with one attached hydrogen (secondary N) is 1. The second kappa shape index (κ2) is 7.12. The fourth-order valence-corrected chi connectivity index (χ4v) is 2.03. The monoisotopic (exact) mass is 309 g/mol. The van der Waals surface area contributed by atoms with E-state index in [0.29, 0.717) is 11.0 Å². The molecule has 2 rings (SSSR count). The van der Waals surface area contributed by atoms with E-state index >= 15 is 0 Å². The number of carbonyl (C=O) groups excluding carboxylic acids is 1. The summed E-state index contributed by atoms with van der Waals surface area (Å²) in [6.07, 6.45) is 1.24. The van der Waals surface area contributed by atoms with E-state index < -0.39 is 6.09 Å². The van der Waals surface area contributed by atoms with Crippen molar-refractivity contribution >= 4 is 35.3 Å². The third kappa shape index (κ3) is 4.40. The minimum Gasteiger partial charge on any atom is -0.444 e. The summed E-state index contributed by atoms with van der Waals surface area (Å²) in [7, 11) is 0. The molecular formula is C13H12ClN3O2S. The zero-order valence-electron chi connectivity index (χ0n) is 10.7. The van der Waals surface area contributed by atoms with Gasteiger partial charge in [-0.15, -0.1) is 0 Å². The van der Waals surface area contributed by atoms with Crippen LogP contribution in [0.5, 0.6) is 0 Å². The lowest BCUT2D eigenvalue weighted by molar-refractivity contribution is 0.155. The molecule has 2 aromatic rings. The Kier molecular flexibility index (Phi) is 5.20. The second-order valence-corrected chi connectivity index (χ2v) is 4.91. The maximum atomic E-state index is 11.7. The molecule has 5 nitrogen and oxygen atoms in total. The highest BCUT2D eigenvalue weighted by atomic mass is 35.5. The van der Waals surface area contributed by atoms with E-state index in [1.165, 1.54) is 17.8 Å². The molecule has 0 atom stereocenters. The lowest BCUT2D eigenvalue weighted by Crippen LogP contribution is -2.14. The molecule has 0 unspecified atom stereocenters. The van der Waals surface area contributed by atoms with Crippen LogP contribution in [0, 0.1) is 0 Å². The molecule has 0 saturated carbocycles. The van der Waals surface area contributed by atoms with Gasteiger partial charge in [-0.2, -0.15) is 0 Å². The number of rotatable bonds is 4. The molecule has 7 heteroatoms. The normalized spacial score (nSPS) is 10.1. The predicted molar refractivity (Wildman–Crippen MR) is 79.1 cm³/mol. The van der Waals surface area contributed by atoms with Crippen molar-refractivity contribution in [2.24, 2.45) is 0 Å². The maximum Gasteiger partial charge on any atom is 0.413 e. The van der Waals surface area contributed by atoms with Gasteiger partial charge in [0.2, 0.25) is 0 Å². The summed E-state index contributed by atoms with van der Waals surface area (Å²) >= 11 is 7.16. The van der Waals surface area contributed by atoms with E-state index in [0.717, 1.165) is 5.56 Å². The molecule has 1 heterocycles. The van der Waals surface area contributed by atoms with Crippen LogP contribution in [0.15, 0.2) is 41.6 Å². The minimum absolute atomic E-state index is 0.195. The third-order valence-electron chi connectivity index (χ3n) is 2.30. The number of amides is 1. The summed E-state index contributed by atoms with van der Waals surface area (Å²) in [6.45, 7) is 0.195. The highest BCUT2D eigenvalue weighted by Gasteiger charge is 2.07. The number of benzene rings is 1. The van der Waals surface area contributed by atoms with Gasteiger partial charge >= 0.3 is 6.09 Å².